The van der Waals surface area contributed by atoms with Gasteiger partial charge in [-0.05, 0) is 31.2 Å². The van der Waals surface area contributed by atoms with E-state index in [4.69, 9.17) is 0 Å². The van der Waals surface area contributed by atoms with Crippen molar-refractivity contribution in [1.29, 1.82) is 0 Å². The Morgan fingerprint density at radius 3 is 2.57 bits per heavy atom. The second-order valence-corrected chi connectivity index (χ2v) is 8.31. The zero-order valence-corrected chi connectivity index (χ0v) is 14.2. The molecule has 2 fully saturated rings. The molecule has 23 heavy (non-hydrogen) atoms. The third kappa shape index (κ3) is 4.03. The molecule has 2 N–H and O–H groups in total. The van der Waals surface area contributed by atoms with Crippen molar-refractivity contribution in [3.8, 4) is 0 Å². The van der Waals surface area contributed by atoms with E-state index in [1.807, 2.05) is 30.3 Å². The molecule has 0 radical (unpaired) electrons. The van der Waals surface area contributed by atoms with Crippen LogP contribution in [0.3, 0.4) is 0 Å². The smallest absolute Gasteiger partial charge is 0.238 e. The maximum absolute atomic E-state index is 12.6. The maximum atomic E-state index is 12.6. The topological polar surface area (TPSA) is 66.9 Å². The normalized spacial score (nSPS) is 18.4. The summed E-state index contributed by atoms with van der Waals surface area (Å²) < 4.78 is 0.827. The third-order valence-electron chi connectivity index (χ3n) is 3.79. The van der Waals surface area contributed by atoms with E-state index in [9.17, 15) is 4.79 Å². The summed E-state index contributed by atoms with van der Waals surface area (Å²) in [5, 5.41) is 15.4. The molecule has 0 aliphatic heterocycles. The Hall–Kier alpha value is -1.60. The maximum Gasteiger partial charge on any atom is 0.238 e. The van der Waals surface area contributed by atoms with Gasteiger partial charge in [0.15, 0.2) is 4.34 Å². The van der Waals surface area contributed by atoms with Crippen molar-refractivity contribution < 1.29 is 4.79 Å². The minimum Gasteiger partial charge on any atom is -0.357 e. The molecule has 2 aromatic rings. The van der Waals surface area contributed by atoms with Gasteiger partial charge in [-0.1, -0.05) is 53.4 Å². The van der Waals surface area contributed by atoms with Crippen LogP contribution in [0.4, 0.5) is 5.13 Å². The molecule has 2 aliphatic carbocycles. The predicted molar refractivity (Wildman–Crippen MR) is 92.8 cm³/mol. The van der Waals surface area contributed by atoms with Crippen LogP contribution < -0.4 is 10.6 Å². The van der Waals surface area contributed by atoms with E-state index in [0.29, 0.717) is 12.1 Å². The van der Waals surface area contributed by atoms with E-state index in [1.54, 1.807) is 0 Å². The van der Waals surface area contributed by atoms with Gasteiger partial charge in [0.2, 0.25) is 11.0 Å². The predicted octanol–water partition coefficient (Wildman–Crippen LogP) is 3.22. The Balaban J connectivity index is 1.49. The highest BCUT2D eigenvalue weighted by Crippen LogP contribution is 2.39. The lowest BCUT2D eigenvalue weighted by Gasteiger charge is -2.15. The van der Waals surface area contributed by atoms with Crippen molar-refractivity contribution in [1.82, 2.24) is 15.5 Å². The summed E-state index contributed by atoms with van der Waals surface area (Å²) in [6, 6.07) is 10.8. The highest BCUT2D eigenvalue weighted by molar-refractivity contribution is 8.01. The number of benzene rings is 1. The number of carbonyl (C=O) groups excluding carboxylic acids is 1. The van der Waals surface area contributed by atoms with E-state index < -0.39 is 0 Å². The molecule has 0 bridgehead atoms. The van der Waals surface area contributed by atoms with Gasteiger partial charge in [0, 0.05) is 12.1 Å². The van der Waals surface area contributed by atoms with Crippen LogP contribution in [0.2, 0.25) is 0 Å². The number of anilines is 1. The Kier molecular flexibility index (Phi) is 4.22. The van der Waals surface area contributed by atoms with Crippen molar-refractivity contribution in [2.24, 2.45) is 0 Å². The highest BCUT2D eigenvalue weighted by Gasteiger charge is 2.30. The lowest BCUT2D eigenvalue weighted by Crippen LogP contribution is -2.29. The zero-order valence-electron chi connectivity index (χ0n) is 12.6. The molecule has 120 valence electrons. The van der Waals surface area contributed by atoms with Crippen molar-refractivity contribution >= 4 is 34.1 Å². The van der Waals surface area contributed by atoms with Gasteiger partial charge in [-0.3, -0.25) is 4.79 Å². The molecule has 5 nitrogen and oxygen atoms in total. The van der Waals surface area contributed by atoms with Crippen LogP contribution in [-0.4, -0.2) is 28.2 Å². The molecular formula is C16H18N4OS2. The van der Waals surface area contributed by atoms with Gasteiger partial charge >= 0.3 is 0 Å². The molecule has 1 aromatic carbocycles. The lowest BCUT2D eigenvalue weighted by atomic mass is 10.1. The van der Waals surface area contributed by atoms with Gasteiger partial charge < -0.3 is 10.6 Å². The largest absolute Gasteiger partial charge is 0.357 e. The number of hydrogen-bond acceptors (Lipinski definition) is 6. The molecule has 4 rings (SSSR count). The number of carbonyl (C=O) groups is 1. The molecule has 7 heteroatoms. The summed E-state index contributed by atoms with van der Waals surface area (Å²) in [6.45, 7) is 0. The molecule has 0 saturated heterocycles. The van der Waals surface area contributed by atoms with Crippen molar-refractivity contribution in [2.45, 2.75) is 47.4 Å². The standard InChI is InChI=1S/C16H18N4OS2/c21-14(17-11-6-7-11)13(10-4-2-1-3-5-10)22-16-20-19-15(23-16)18-12-8-9-12/h1-5,11-13H,6-9H2,(H,17,21)(H,18,19)/t13-/m0/s1. The molecule has 1 heterocycles. The summed E-state index contributed by atoms with van der Waals surface area (Å²) >= 11 is 3.01. The summed E-state index contributed by atoms with van der Waals surface area (Å²) in [5.41, 5.74) is 1.00. The van der Waals surface area contributed by atoms with Crippen LogP contribution in [0.1, 0.15) is 36.5 Å². The van der Waals surface area contributed by atoms with Crippen molar-refractivity contribution in [2.75, 3.05) is 5.32 Å². The minimum atomic E-state index is -0.279. The van der Waals surface area contributed by atoms with Crippen LogP contribution in [0.25, 0.3) is 0 Å². The number of aromatic nitrogens is 2. The van der Waals surface area contributed by atoms with Gasteiger partial charge in [0.05, 0.1) is 0 Å². The fraction of sp³-hybridized carbons (Fsp3) is 0.438. The Morgan fingerprint density at radius 2 is 1.87 bits per heavy atom. The first kappa shape index (κ1) is 15.0. The first-order valence-corrected chi connectivity index (χ1v) is 9.59. The second-order valence-electron chi connectivity index (χ2n) is 5.98. The summed E-state index contributed by atoms with van der Waals surface area (Å²) in [6.07, 6.45) is 4.59. The van der Waals surface area contributed by atoms with Crippen LogP contribution in [0.15, 0.2) is 34.7 Å². The van der Waals surface area contributed by atoms with Crippen molar-refractivity contribution in [3.63, 3.8) is 0 Å². The summed E-state index contributed by atoms with van der Waals surface area (Å²) in [4.78, 5) is 12.6. The summed E-state index contributed by atoms with van der Waals surface area (Å²) in [7, 11) is 0. The monoisotopic (exact) mass is 346 g/mol. The molecule has 1 atom stereocenters. The van der Waals surface area contributed by atoms with Crippen LogP contribution >= 0.6 is 23.1 Å². The fourth-order valence-corrected chi connectivity index (χ4v) is 4.25. The number of thioether (sulfide) groups is 1. The number of nitrogens with one attached hydrogen (secondary N) is 2. The number of rotatable bonds is 7. The van der Waals surface area contributed by atoms with E-state index in [0.717, 1.165) is 27.9 Å². The molecule has 0 spiro atoms. The molecule has 1 aromatic heterocycles. The quantitative estimate of drug-likeness (QED) is 0.754. The fourth-order valence-electron chi connectivity index (χ4n) is 2.22. The van der Waals surface area contributed by atoms with Gasteiger partial charge in [-0.2, -0.15) is 0 Å². The molecule has 2 saturated carbocycles. The average molecular weight is 346 g/mol. The number of hydrogen-bond donors (Lipinski definition) is 2. The number of amides is 1. The van der Waals surface area contributed by atoms with Gasteiger partial charge in [-0.15, -0.1) is 10.2 Å². The second kappa shape index (κ2) is 6.49. The molecule has 1 amide bonds. The van der Waals surface area contributed by atoms with E-state index >= 15 is 0 Å². The van der Waals surface area contributed by atoms with Gasteiger partial charge in [-0.25, -0.2) is 0 Å². The Morgan fingerprint density at radius 1 is 1.13 bits per heavy atom. The Bertz CT molecular complexity index is 682. The van der Waals surface area contributed by atoms with E-state index in [2.05, 4.69) is 20.8 Å². The minimum absolute atomic E-state index is 0.0654. The van der Waals surface area contributed by atoms with Crippen LogP contribution in [0, 0.1) is 0 Å². The Labute approximate surface area is 143 Å². The van der Waals surface area contributed by atoms with Crippen LogP contribution in [-0.2, 0) is 4.79 Å². The number of nitrogens with zero attached hydrogens (tertiary/aromatic N) is 2. The highest BCUT2D eigenvalue weighted by atomic mass is 32.2. The first-order chi connectivity index (χ1) is 11.3. The molecule has 0 unspecified atom stereocenters. The van der Waals surface area contributed by atoms with E-state index in [1.165, 1.54) is 35.9 Å². The lowest BCUT2D eigenvalue weighted by molar-refractivity contribution is -0.120. The van der Waals surface area contributed by atoms with E-state index in [-0.39, 0.29) is 11.2 Å². The average Bonchev–Trinajstić information content (AvgIpc) is 3.48. The third-order valence-corrected chi connectivity index (χ3v) is 5.99. The SMILES string of the molecule is O=C(NC1CC1)[C@@H](Sc1nnc(NC2CC2)s1)c1ccccc1. The van der Waals surface area contributed by atoms with Gasteiger partial charge in [0.1, 0.15) is 5.25 Å². The summed E-state index contributed by atoms with van der Waals surface area (Å²) in [5.74, 6) is 0.0654. The molecule has 2 aliphatic rings. The zero-order chi connectivity index (χ0) is 15.6. The molecular weight excluding hydrogens is 328 g/mol. The van der Waals surface area contributed by atoms with Crippen LogP contribution in [0.5, 0.6) is 0 Å². The van der Waals surface area contributed by atoms with Crippen molar-refractivity contribution in [3.05, 3.63) is 35.9 Å². The van der Waals surface area contributed by atoms with Gasteiger partial charge in [0.25, 0.3) is 0 Å². The first-order valence-electron chi connectivity index (χ1n) is 7.90.